The van der Waals surface area contributed by atoms with Crippen LogP contribution >= 0.6 is 15.9 Å². The van der Waals surface area contributed by atoms with Crippen molar-refractivity contribution >= 4 is 27.7 Å². The lowest BCUT2D eigenvalue weighted by molar-refractivity contribution is 0.0746. The van der Waals surface area contributed by atoms with Crippen LogP contribution in [0.4, 0.5) is 5.82 Å². The number of anilines is 1. The predicted molar refractivity (Wildman–Crippen MR) is 97.0 cm³/mol. The Morgan fingerprint density at radius 2 is 1.77 bits per heavy atom. The molecule has 3 aromatic rings. The summed E-state index contributed by atoms with van der Waals surface area (Å²) in [5.74, 6) is 1.46. The molecule has 4 heterocycles. The third-order valence-electron chi connectivity index (χ3n) is 4.13. The van der Waals surface area contributed by atoms with Crippen LogP contribution in [0.25, 0.3) is 5.82 Å². The fourth-order valence-electron chi connectivity index (χ4n) is 2.81. The summed E-state index contributed by atoms with van der Waals surface area (Å²) in [6.45, 7) is 2.63. The van der Waals surface area contributed by atoms with Crippen molar-refractivity contribution in [1.29, 1.82) is 0 Å². The third kappa shape index (κ3) is 3.40. The molecule has 0 radical (unpaired) electrons. The van der Waals surface area contributed by atoms with E-state index in [9.17, 15) is 4.79 Å². The fraction of sp³-hybridized carbons (Fsp3) is 0.250. The standard InChI is InChI=1S/C16H15BrN8O/c17-13-5-12(7-18-8-13)16(26)24-3-1-23(2-4-24)14-6-15(21-10-20-14)25-11-19-9-22-25/h5-11H,1-4H2. The molecule has 1 aliphatic heterocycles. The van der Waals surface area contributed by atoms with Crippen LogP contribution in [-0.4, -0.2) is 66.7 Å². The number of carbonyl (C=O) groups excluding carboxylic acids is 1. The van der Waals surface area contributed by atoms with E-state index in [0.29, 0.717) is 37.6 Å². The summed E-state index contributed by atoms with van der Waals surface area (Å²) >= 11 is 3.35. The molecule has 0 saturated carbocycles. The maximum absolute atomic E-state index is 12.6. The fourth-order valence-corrected chi connectivity index (χ4v) is 3.18. The third-order valence-corrected chi connectivity index (χ3v) is 4.57. The Balaban J connectivity index is 1.44. The van der Waals surface area contributed by atoms with Crippen molar-refractivity contribution in [2.75, 3.05) is 31.1 Å². The summed E-state index contributed by atoms with van der Waals surface area (Å²) < 4.78 is 2.38. The summed E-state index contributed by atoms with van der Waals surface area (Å²) in [5.41, 5.74) is 0.586. The number of carbonyl (C=O) groups is 1. The number of pyridine rings is 1. The molecule has 1 saturated heterocycles. The number of amides is 1. The van der Waals surface area contributed by atoms with Gasteiger partial charge in [0.2, 0.25) is 0 Å². The molecule has 0 unspecified atom stereocenters. The highest BCUT2D eigenvalue weighted by Crippen LogP contribution is 2.17. The van der Waals surface area contributed by atoms with Crippen molar-refractivity contribution in [2.24, 2.45) is 0 Å². The van der Waals surface area contributed by atoms with Crippen LogP contribution in [0.15, 0.2) is 48.0 Å². The molecule has 0 aromatic carbocycles. The molecule has 3 aromatic heterocycles. The van der Waals surface area contributed by atoms with Gasteiger partial charge >= 0.3 is 0 Å². The lowest BCUT2D eigenvalue weighted by Gasteiger charge is -2.35. The highest BCUT2D eigenvalue weighted by Gasteiger charge is 2.23. The largest absolute Gasteiger partial charge is 0.353 e. The maximum atomic E-state index is 12.6. The molecular formula is C16H15BrN8O. The van der Waals surface area contributed by atoms with Crippen molar-refractivity contribution in [2.45, 2.75) is 0 Å². The molecule has 10 heteroatoms. The lowest BCUT2D eigenvalue weighted by Crippen LogP contribution is -2.49. The molecule has 1 amide bonds. The van der Waals surface area contributed by atoms with Crippen LogP contribution < -0.4 is 4.90 Å². The van der Waals surface area contributed by atoms with E-state index in [4.69, 9.17) is 0 Å². The zero-order valence-corrected chi connectivity index (χ0v) is 15.3. The van der Waals surface area contributed by atoms with Crippen molar-refractivity contribution in [1.82, 2.24) is 34.6 Å². The van der Waals surface area contributed by atoms with Gasteiger partial charge in [-0.2, -0.15) is 5.10 Å². The topological polar surface area (TPSA) is 92.9 Å². The van der Waals surface area contributed by atoms with Crippen LogP contribution in [0.3, 0.4) is 0 Å². The van der Waals surface area contributed by atoms with E-state index < -0.39 is 0 Å². The van der Waals surface area contributed by atoms with E-state index in [0.717, 1.165) is 10.3 Å². The second kappa shape index (κ2) is 7.16. The molecule has 132 valence electrons. The Morgan fingerprint density at radius 1 is 0.962 bits per heavy atom. The lowest BCUT2D eigenvalue weighted by atomic mass is 10.2. The number of halogens is 1. The highest BCUT2D eigenvalue weighted by molar-refractivity contribution is 9.10. The molecule has 0 spiro atoms. The van der Waals surface area contributed by atoms with Crippen LogP contribution in [-0.2, 0) is 0 Å². The van der Waals surface area contributed by atoms with E-state index >= 15 is 0 Å². The first kappa shape index (κ1) is 16.6. The molecule has 0 N–H and O–H groups in total. The second-order valence-corrected chi connectivity index (χ2v) is 6.66. The summed E-state index contributed by atoms with van der Waals surface area (Å²) in [6, 6.07) is 3.65. The van der Waals surface area contributed by atoms with Gasteiger partial charge in [0.05, 0.1) is 5.56 Å². The minimum absolute atomic E-state index is 0.00978. The summed E-state index contributed by atoms with van der Waals surface area (Å²) in [7, 11) is 0. The number of aromatic nitrogens is 6. The molecular weight excluding hydrogens is 400 g/mol. The van der Waals surface area contributed by atoms with E-state index in [1.165, 1.54) is 12.7 Å². The van der Waals surface area contributed by atoms with Gasteiger partial charge in [-0.3, -0.25) is 9.78 Å². The van der Waals surface area contributed by atoms with E-state index in [-0.39, 0.29) is 5.91 Å². The minimum Gasteiger partial charge on any atom is -0.353 e. The minimum atomic E-state index is -0.00978. The first-order valence-electron chi connectivity index (χ1n) is 8.02. The first-order chi connectivity index (χ1) is 12.7. The molecule has 26 heavy (non-hydrogen) atoms. The van der Waals surface area contributed by atoms with Gasteiger partial charge in [0.1, 0.15) is 24.8 Å². The monoisotopic (exact) mass is 414 g/mol. The molecule has 4 rings (SSSR count). The zero-order chi connectivity index (χ0) is 17.9. The summed E-state index contributed by atoms with van der Waals surface area (Å²) in [4.78, 5) is 33.1. The SMILES string of the molecule is O=C(c1cncc(Br)c1)N1CCN(c2cc(-n3cncn3)ncn2)CC1. The average Bonchev–Trinajstić information content (AvgIpc) is 3.23. The average molecular weight is 415 g/mol. The van der Waals surface area contributed by atoms with E-state index in [2.05, 4.69) is 45.9 Å². The number of hydrogen-bond donors (Lipinski definition) is 0. The predicted octanol–water partition coefficient (Wildman–Crippen LogP) is 1.18. The van der Waals surface area contributed by atoms with Crippen molar-refractivity contribution < 1.29 is 4.79 Å². The van der Waals surface area contributed by atoms with Crippen molar-refractivity contribution in [3.05, 3.63) is 53.5 Å². The van der Waals surface area contributed by atoms with Gasteiger partial charge in [-0.25, -0.2) is 19.6 Å². The first-order valence-corrected chi connectivity index (χ1v) is 8.82. The number of rotatable bonds is 3. The number of hydrogen-bond acceptors (Lipinski definition) is 7. The molecule has 0 bridgehead atoms. The second-order valence-electron chi connectivity index (χ2n) is 5.75. The summed E-state index contributed by atoms with van der Waals surface area (Å²) in [6.07, 6.45) is 7.82. The summed E-state index contributed by atoms with van der Waals surface area (Å²) in [5, 5.41) is 4.08. The van der Waals surface area contributed by atoms with Gasteiger partial charge in [-0.1, -0.05) is 0 Å². The van der Waals surface area contributed by atoms with Crippen LogP contribution in [0.5, 0.6) is 0 Å². The quantitative estimate of drug-likeness (QED) is 0.634. The van der Waals surface area contributed by atoms with E-state index in [1.54, 1.807) is 29.5 Å². The van der Waals surface area contributed by atoms with Crippen LogP contribution in [0.1, 0.15) is 10.4 Å². The van der Waals surface area contributed by atoms with Gasteiger partial charge in [-0.05, 0) is 22.0 Å². The Kier molecular flexibility index (Phi) is 4.57. The molecule has 0 atom stereocenters. The molecule has 1 aliphatic rings. The maximum Gasteiger partial charge on any atom is 0.255 e. The van der Waals surface area contributed by atoms with Gasteiger partial charge in [0, 0.05) is 49.1 Å². The Labute approximate surface area is 157 Å². The van der Waals surface area contributed by atoms with Crippen molar-refractivity contribution in [3.63, 3.8) is 0 Å². The molecule has 1 fully saturated rings. The highest BCUT2D eigenvalue weighted by atomic mass is 79.9. The van der Waals surface area contributed by atoms with Crippen molar-refractivity contribution in [3.8, 4) is 5.82 Å². The van der Waals surface area contributed by atoms with Gasteiger partial charge < -0.3 is 9.80 Å². The van der Waals surface area contributed by atoms with Gasteiger partial charge in [0.15, 0.2) is 5.82 Å². The zero-order valence-electron chi connectivity index (χ0n) is 13.7. The molecule has 0 aliphatic carbocycles. The van der Waals surface area contributed by atoms with Crippen LogP contribution in [0, 0.1) is 0 Å². The van der Waals surface area contributed by atoms with Gasteiger partial charge in [-0.15, -0.1) is 0 Å². The number of piperazine rings is 1. The number of nitrogens with zero attached hydrogens (tertiary/aromatic N) is 8. The Hall–Kier alpha value is -2.88. The molecule has 9 nitrogen and oxygen atoms in total. The van der Waals surface area contributed by atoms with Crippen LogP contribution in [0.2, 0.25) is 0 Å². The smallest absolute Gasteiger partial charge is 0.255 e. The van der Waals surface area contributed by atoms with E-state index in [1.807, 2.05) is 11.0 Å². The van der Waals surface area contributed by atoms with Gasteiger partial charge in [0.25, 0.3) is 5.91 Å². The normalized spacial score (nSPS) is 14.5. The Bertz CT molecular complexity index is 908. The Morgan fingerprint density at radius 3 is 2.50 bits per heavy atom.